The SMILES string of the molecule is Cc1ncc(-c2ccc(NC(=O)C(N)=C(C3CC3)C3CC3)nc2F)cc1C1CC1. The van der Waals surface area contributed by atoms with Crippen molar-refractivity contribution in [1.29, 1.82) is 0 Å². The fourth-order valence-electron chi connectivity index (χ4n) is 4.10. The van der Waals surface area contributed by atoms with E-state index in [1.165, 1.54) is 5.56 Å². The van der Waals surface area contributed by atoms with Crippen LogP contribution in [0, 0.1) is 24.7 Å². The summed E-state index contributed by atoms with van der Waals surface area (Å²) in [5, 5.41) is 2.67. The van der Waals surface area contributed by atoms with Gasteiger partial charge in [-0.1, -0.05) is 0 Å². The maximum atomic E-state index is 14.7. The van der Waals surface area contributed by atoms with E-state index < -0.39 is 5.95 Å². The Kier molecular flexibility index (Phi) is 4.37. The number of aryl methyl sites for hydroxylation is 1. The summed E-state index contributed by atoms with van der Waals surface area (Å²) in [5.74, 6) is 0.616. The second kappa shape index (κ2) is 6.94. The van der Waals surface area contributed by atoms with E-state index in [-0.39, 0.29) is 17.4 Å². The number of aromatic nitrogens is 2. The Balaban J connectivity index is 1.37. The molecule has 0 unspecified atom stereocenters. The number of hydrogen-bond donors (Lipinski definition) is 2. The minimum Gasteiger partial charge on any atom is -0.394 e. The van der Waals surface area contributed by atoms with Gasteiger partial charge >= 0.3 is 0 Å². The first-order chi connectivity index (χ1) is 14.0. The van der Waals surface area contributed by atoms with Crippen molar-refractivity contribution < 1.29 is 9.18 Å². The van der Waals surface area contributed by atoms with Crippen molar-refractivity contribution in [2.75, 3.05) is 5.32 Å². The van der Waals surface area contributed by atoms with Crippen LogP contribution in [-0.2, 0) is 4.79 Å². The lowest BCUT2D eigenvalue weighted by Crippen LogP contribution is -2.23. The molecule has 0 aliphatic heterocycles. The van der Waals surface area contributed by atoms with Crippen LogP contribution in [0.4, 0.5) is 10.2 Å². The van der Waals surface area contributed by atoms with Gasteiger partial charge in [-0.15, -0.1) is 0 Å². The lowest BCUT2D eigenvalue weighted by atomic mass is 10.0. The van der Waals surface area contributed by atoms with Crippen molar-refractivity contribution in [2.24, 2.45) is 17.6 Å². The number of nitrogens with two attached hydrogens (primary N) is 1. The zero-order chi connectivity index (χ0) is 20.1. The molecule has 5 nitrogen and oxygen atoms in total. The van der Waals surface area contributed by atoms with Gasteiger partial charge in [0.2, 0.25) is 5.95 Å². The Morgan fingerprint density at radius 1 is 1.14 bits per heavy atom. The molecule has 0 atom stereocenters. The van der Waals surface area contributed by atoms with Gasteiger partial charge in [0.1, 0.15) is 5.82 Å². The molecule has 29 heavy (non-hydrogen) atoms. The molecule has 3 fully saturated rings. The van der Waals surface area contributed by atoms with E-state index in [9.17, 15) is 9.18 Å². The summed E-state index contributed by atoms with van der Waals surface area (Å²) >= 11 is 0. The Bertz CT molecular complexity index is 1010. The van der Waals surface area contributed by atoms with Gasteiger partial charge in [-0.05, 0) is 92.5 Å². The zero-order valence-electron chi connectivity index (χ0n) is 16.5. The van der Waals surface area contributed by atoms with Crippen LogP contribution in [0.2, 0.25) is 0 Å². The smallest absolute Gasteiger partial charge is 0.272 e. The molecular formula is C23H25FN4O. The fraction of sp³-hybridized carbons (Fsp3) is 0.435. The van der Waals surface area contributed by atoms with E-state index in [0.29, 0.717) is 28.9 Å². The number of nitrogens with zero attached hydrogens (tertiary/aromatic N) is 2. The van der Waals surface area contributed by atoms with Gasteiger partial charge in [-0.2, -0.15) is 4.39 Å². The zero-order valence-corrected chi connectivity index (χ0v) is 16.5. The average molecular weight is 392 g/mol. The maximum absolute atomic E-state index is 14.7. The van der Waals surface area contributed by atoms with Crippen LogP contribution in [0.5, 0.6) is 0 Å². The number of carbonyl (C=O) groups is 1. The summed E-state index contributed by atoms with van der Waals surface area (Å²) in [7, 11) is 0. The van der Waals surface area contributed by atoms with Gasteiger partial charge < -0.3 is 11.1 Å². The number of hydrogen-bond acceptors (Lipinski definition) is 4. The molecule has 2 heterocycles. The van der Waals surface area contributed by atoms with Gasteiger partial charge in [-0.25, -0.2) is 4.98 Å². The summed E-state index contributed by atoms with van der Waals surface area (Å²) in [4.78, 5) is 21.0. The summed E-state index contributed by atoms with van der Waals surface area (Å²) in [6, 6.07) is 5.27. The highest BCUT2D eigenvalue weighted by Crippen LogP contribution is 2.49. The van der Waals surface area contributed by atoms with E-state index in [0.717, 1.165) is 49.8 Å². The molecule has 0 bridgehead atoms. The molecule has 6 heteroatoms. The van der Waals surface area contributed by atoms with E-state index in [1.54, 1.807) is 18.3 Å². The number of anilines is 1. The maximum Gasteiger partial charge on any atom is 0.272 e. The largest absolute Gasteiger partial charge is 0.394 e. The molecule has 1 amide bonds. The molecule has 150 valence electrons. The second-order valence-electron chi connectivity index (χ2n) is 8.58. The topological polar surface area (TPSA) is 80.9 Å². The predicted octanol–water partition coefficient (Wildman–Crippen LogP) is 4.44. The molecular weight excluding hydrogens is 367 g/mol. The van der Waals surface area contributed by atoms with Gasteiger partial charge in [0.15, 0.2) is 0 Å². The van der Waals surface area contributed by atoms with Crippen LogP contribution in [-0.4, -0.2) is 15.9 Å². The third-order valence-electron chi connectivity index (χ3n) is 6.13. The molecule has 0 aromatic carbocycles. The number of carbonyl (C=O) groups excluding carboxylic acids is 1. The van der Waals surface area contributed by atoms with Crippen LogP contribution in [0.15, 0.2) is 35.7 Å². The summed E-state index contributed by atoms with van der Waals surface area (Å²) in [6.07, 6.45) is 8.43. The van der Waals surface area contributed by atoms with Gasteiger partial charge in [-0.3, -0.25) is 9.78 Å². The lowest BCUT2D eigenvalue weighted by Gasteiger charge is -2.12. The number of halogens is 1. The second-order valence-corrected chi connectivity index (χ2v) is 8.58. The molecule has 0 radical (unpaired) electrons. The van der Waals surface area contributed by atoms with E-state index in [4.69, 9.17) is 5.73 Å². The number of nitrogens with one attached hydrogen (secondary N) is 1. The quantitative estimate of drug-likeness (QED) is 0.562. The van der Waals surface area contributed by atoms with Crippen molar-refractivity contribution in [3.63, 3.8) is 0 Å². The monoisotopic (exact) mass is 392 g/mol. The van der Waals surface area contributed by atoms with Crippen molar-refractivity contribution in [3.05, 3.63) is 52.9 Å². The van der Waals surface area contributed by atoms with E-state index in [2.05, 4.69) is 15.3 Å². The van der Waals surface area contributed by atoms with Crippen LogP contribution < -0.4 is 11.1 Å². The van der Waals surface area contributed by atoms with Crippen molar-refractivity contribution in [1.82, 2.24) is 9.97 Å². The highest BCUT2D eigenvalue weighted by atomic mass is 19.1. The number of pyridine rings is 2. The van der Waals surface area contributed by atoms with Crippen LogP contribution in [0.1, 0.15) is 55.7 Å². The lowest BCUT2D eigenvalue weighted by molar-refractivity contribution is -0.113. The fourth-order valence-corrected chi connectivity index (χ4v) is 4.10. The first kappa shape index (κ1) is 18.3. The Morgan fingerprint density at radius 2 is 1.83 bits per heavy atom. The third-order valence-corrected chi connectivity index (χ3v) is 6.13. The Labute approximate surface area is 169 Å². The van der Waals surface area contributed by atoms with Crippen LogP contribution in [0.3, 0.4) is 0 Å². The summed E-state index contributed by atoms with van der Waals surface area (Å²) in [6.45, 7) is 1.99. The minimum atomic E-state index is -0.623. The molecule has 3 aliphatic rings. The molecule has 0 saturated heterocycles. The number of allylic oxidation sites excluding steroid dienone is 1. The molecule has 2 aromatic heterocycles. The minimum absolute atomic E-state index is 0.174. The standard InChI is InChI=1S/C23H25FN4O/c1-12-18(13-2-3-13)10-16(11-26-12)17-8-9-19(27-22(17)24)28-23(29)21(25)20(14-4-5-14)15-6-7-15/h8-11,13-15H,2-7,25H2,1H3,(H,27,28,29). The van der Waals surface area contributed by atoms with Crippen molar-refractivity contribution >= 4 is 11.7 Å². The number of rotatable bonds is 6. The van der Waals surface area contributed by atoms with Crippen LogP contribution in [0.25, 0.3) is 11.1 Å². The first-order valence-corrected chi connectivity index (χ1v) is 10.5. The Morgan fingerprint density at radius 3 is 2.41 bits per heavy atom. The summed E-state index contributed by atoms with van der Waals surface area (Å²) in [5.41, 5.74) is 10.8. The molecule has 3 saturated carbocycles. The molecule has 5 rings (SSSR count). The normalized spacial score (nSPS) is 18.4. The summed E-state index contributed by atoms with van der Waals surface area (Å²) < 4.78 is 14.7. The molecule has 3 N–H and O–H groups in total. The first-order valence-electron chi connectivity index (χ1n) is 10.5. The van der Waals surface area contributed by atoms with Crippen molar-refractivity contribution in [3.8, 4) is 11.1 Å². The molecule has 3 aliphatic carbocycles. The predicted molar refractivity (Wildman–Crippen MR) is 109 cm³/mol. The van der Waals surface area contributed by atoms with Gasteiger partial charge in [0.05, 0.1) is 5.70 Å². The van der Waals surface area contributed by atoms with E-state index in [1.807, 2.05) is 13.0 Å². The van der Waals surface area contributed by atoms with Crippen LogP contribution >= 0.6 is 0 Å². The average Bonchev–Trinajstić information content (AvgIpc) is 3.55. The number of amides is 1. The molecule has 2 aromatic rings. The van der Waals surface area contributed by atoms with E-state index >= 15 is 0 Å². The Hall–Kier alpha value is -2.76. The third kappa shape index (κ3) is 3.76. The van der Waals surface area contributed by atoms with Crippen molar-refractivity contribution in [2.45, 2.75) is 51.4 Å². The highest BCUT2D eigenvalue weighted by molar-refractivity contribution is 6.03. The van der Waals surface area contributed by atoms with Gasteiger partial charge in [0, 0.05) is 23.0 Å². The molecule has 0 spiro atoms. The van der Waals surface area contributed by atoms with Gasteiger partial charge in [0.25, 0.3) is 5.91 Å². The highest BCUT2D eigenvalue weighted by Gasteiger charge is 2.39.